The Labute approximate surface area is 106 Å². The highest BCUT2D eigenvalue weighted by Crippen LogP contribution is 2.19. The van der Waals surface area contributed by atoms with Crippen LogP contribution in [0.25, 0.3) is 0 Å². The molecule has 1 aromatic rings. The number of nitrogens with one attached hydrogen (secondary N) is 1. The minimum absolute atomic E-state index is 0.00985. The first-order valence-corrected chi connectivity index (χ1v) is 7.12. The van der Waals surface area contributed by atoms with E-state index in [2.05, 4.69) is 10.3 Å². The van der Waals surface area contributed by atoms with Crippen LogP contribution in [0, 0.1) is 11.3 Å². The number of aromatic nitrogens is 1. The number of likely N-dealkylation sites (N-methyl/N-ethyl adjacent to an activating group) is 1. The smallest absolute Gasteiger partial charge is 0.244 e. The van der Waals surface area contributed by atoms with Crippen molar-refractivity contribution in [2.45, 2.75) is 17.9 Å². The molecule has 6 nitrogen and oxygen atoms in total. The van der Waals surface area contributed by atoms with E-state index in [0.717, 1.165) is 0 Å². The molecule has 1 aliphatic heterocycles. The van der Waals surface area contributed by atoms with Crippen LogP contribution in [0.3, 0.4) is 0 Å². The van der Waals surface area contributed by atoms with Gasteiger partial charge in [0.15, 0.2) is 0 Å². The maximum absolute atomic E-state index is 12.4. The molecule has 1 N–H and O–H groups in total. The zero-order chi connectivity index (χ0) is 13.2. The number of hydrogen-bond donors (Lipinski definition) is 1. The summed E-state index contributed by atoms with van der Waals surface area (Å²) in [5.41, 5.74) is 0.210. The molecule has 18 heavy (non-hydrogen) atoms. The summed E-state index contributed by atoms with van der Waals surface area (Å²) in [6.45, 7) is 3.59. The van der Waals surface area contributed by atoms with Crippen LogP contribution in [0.15, 0.2) is 23.2 Å². The number of pyridine rings is 1. The van der Waals surface area contributed by atoms with Gasteiger partial charge >= 0.3 is 0 Å². The van der Waals surface area contributed by atoms with Crippen molar-refractivity contribution in [3.63, 3.8) is 0 Å². The standard InChI is InChI=1S/C11H14N4O2S/c1-2-15(10-6-13-7-10)18(16,17)11-4-3-9(5-12)14-8-11/h3-4,8,10,13H,2,6-7H2,1H3. The van der Waals surface area contributed by atoms with E-state index in [1.165, 1.54) is 22.6 Å². The van der Waals surface area contributed by atoms with Crippen LogP contribution >= 0.6 is 0 Å². The largest absolute Gasteiger partial charge is 0.313 e. The first-order valence-electron chi connectivity index (χ1n) is 5.68. The van der Waals surface area contributed by atoms with Gasteiger partial charge in [-0.15, -0.1) is 0 Å². The summed E-state index contributed by atoms with van der Waals surface area (Å²) in [7, 11) is -3.51. The van der Waals surface area contributed by atoms with Crippen molar-refractivity contribution in [1.29, 1.82) is 5.26 Å². The van der Waals surface area contributed by atoms with Gasteiger partial charge < -0.3 is 5.32 Å². The molecule has 1 saturated heterocycles. The van der Waals surface area contributed by atoms with E-state index in [1.807, 2.05) is 13.0 Å². The van der Waals surface area contributed by atoms with Crippen molar-refractivity contribution >= 4 is 10.0 Å². The Hall–Kier alpha value is -1.49. The van der Waals surface area contributed by atoms with Crippen molar-refractivity contribution in [2.75, 3.05) is 19.6 Å². The van der Waals surface area contributed by atoms with Gasteiger partial charge in [0.25, 0.3) is 0 Å². The highest BCUT2D eigenvalue weighted by atomic mass is 32.2. The molecule has 1 fully saturated rings. The average molecular weight is 266 g/mol. The number of hydrogen-bond acceptors (Lipinski definition) is 5. The minimum atomic E-state index is -3.51. The van der Waals surface area contributed by atoms with E-state index in [-0.39, 0.29) is 16.6 Å². The lowest BCUT2D eigenvalue weighted by atomic mass is 10.2. The van der Waals surface area contributed by atoms with Crippen LogP contribution in [0.4, 0.5) is 0 Å². The minimum Gasteiger partial charge on any atom is -0.313 e. The SMILES string of the molecule is CCN(C1CNC1)S(=O)(=O)c1ccc(C#N)nc1. The van der Waals surface area contributed by atoms with Gasteiger partial charge in [0.1, 0.15) is 16.7 Å². The molecular weight excluding hydrogens is 252 g/mol. The Morgan fingerprint density at radius 2 is 2.28 bits per heavy atom. The Morgan fingerprint density at radius 1 is 1.56 bits per heavy atom. The van der Waals surface area contributed by atoms with E-state index in [0.29, 0.717) is 19.6 Å². The van der Waals surface area contributed by atoms with Gasteiger partial charge in [0.2, 0.25) is 10.0 Å². The van der Waals surface area contributed by atoms with E-state index in [1.54, 1.807) is 0 Å². The maximum Gasteiger partial charge on any atom is 0.244 e. The highest BCUT2D eigenvalue weighted by Gasteiger charge is 2.33. The molecule has 0 bridgehead atoms. The summed E-state index contributed by atoms with van der Waals surface area (Å²) in [6, 6.07) is 4.72. The normalized spacial score (nSPS) is 16.3. The van der Waals surface area contributed by atoms with Gasteiger partial charge in [-0.05, 0) is 12.1 Å². The topological polar surface area (TPSA) is 86.1 Å². The Morgan fingerprint density at radius 3 is 2.67 bits per heavy atom. The molecule has 0 amide bonds. The van der Waals surface area contributed by atoms with Gasteiger partial charge in [0, 0.05) is 25.8 Å². The van der Waals surface area contributed by atoms with Gasteiger partial charge in [0.05, 0.1) is 6.04 Å². The van der Waals surface area contributed by atoms with Gasteiger partial charge in [-0.1, -0.05) is 6.92 Å². The maximum atomic E-state index is 12.4. The quantitative estimate of drug-likeness (QED) is 0.824. The van der Waals surface area contributed by atoms with Crippen molar-refractivity contribution < 1.29 is 8.42 Å². The lowest BCUT2D eigenvalue weighted by Crippen LogP contribution is -2.58. The molecule has 1 aliphatic rings. The monoisotopic (exact) mass is 266 g/mol. The van der Waals surface area contributed by atoms with E-state index in [9.17, 15) is 8.42 Å². The van der Waals surface area contributed by atoms with E-state index in [4.69, 9.17) is 5.26 Å². The third kappa shape index (κ3) is 2.22. The molecule has 0 spiro atoms. The molecular formula is C11H14N4O2S. The van der Waals surface area contributed by atoms with Gasteiger partial charge in [-0.3, -0.25) is 0 Å². The lowest BCUT2D eigenvalue weighted by Gasteiger charge is -2.36. The second kappa shape index (κ2) is 5.02. The Bertz CT molecular complexity index is 558. The summed E-state index contributed by atoms with van der Waals surface area (Å²) in [5, 5.41) is 11.7. The number of rotatable bonds is 4. The Kier molecular flexibility index (Phi) is 3.61. The highest BCUT2D eigenvalue weighted by molar-refractivity contribution is 7.89. The van der Waals surface area contributed by atoms with E-state index >= 15 is 0 Å². The predicted octanol–water partition coefficient (Wildman–Crippen LogP) is -0.0643. The van der Waals surface area contributed by atoms with Crippen LogP contribution in [-0.2, 0) is 10.0 Å². The second-order valence-electron chi connectivity index (χ2n) is 4.01. The first-order chi connectivity index (χ1) is 8.59. The predicted molar refractivity (Wildman–Crippen MR) is 65.2 cm³/mol. The van der Waals surface area contributed by atoms with Gasteiger partial charge in [-0.25, -0.2) is 13.4 Å². The fraction of sp³-hybridized carbons (Fsp3) is 0.455. The summed E-state index contributed by atoms with van der Waals surface area (Å²) >= 11 is 0. The molecule has 0 unspecified atom stereocenters. The summed E-state index contributed by atoms with van der Waals surface area (Å²) < 4.78 is 26.2. The molecule has 0 radical (unpaired) electrons. The Balaban J connectivity index is 2.31. The number of nitrogens with zero attached hydrogens (tertiary/aromatic N) is 3. The van der Waals surface area contributed by atoms with Gasteiger partial charge in [-0.2, -0.15) is 9.57 Å². The molecule has 96 valence electrons. The third-order valence-corrected chi connectivity index (χ3v) is 4.95. The molecule has 0 aliphatic carbocycles. The van der Waals surface area contributed by atoms with Crippen molar-refractivity contribution in [1.82, 2.24) is 14.6 Å². The first kappa shape index (κ1) is 13.0. The zero-order valence-corrected chi connectivity index (χ0v) is 10.8. The van der Waals surface area contributed by atoms with Crippen LogP contribution in [0.1, 0.15) is 12.6 Å². The second-order valence-corrected chi connectivity index (χ2v) is 5.90. The average Bonchev–Trinajstić information content (AvgIpc) is 2.33. The van der Waals surface area contributed by atoms with Crippen LogP contribution < -0.4 is 5.32 Å². The fourth-order valence-electron chi connectivity index (χ4n) is 1.84. The van der Waals surface area contributed by atoms with Crippen LogP contribution in [-0.4, -0.2) is 43.4 Å². The molecule has 2 heterocycles. The third-order valence-electron chi connectivity index (χ3n) is 2.94. The van der Waals surface area contributed by atoms with Crippen molar-refractivity contribution in [3.05, 3.63) is 24.0 Å². The molecule has 0 saturated carbocycles. The van der Waals surface area contributed by atoms with E-state index < -0.39 is 10.0 Å². The summed E-state index contributed by atoms with van der Waals surface area (Å²) in [5.74, 6) is 0. The molecule has 0 aromatic carbocycles. The molecule has 0 atom stereocenters. The fourth-order valence-corrected chi connectivity index (χ4v) is 3.41. The van der Waals surface area contributed by atoms with Crippen molar-refractivity contribution in [3.8, 4) is 6.07 Å². The van der Waals surface area contributed by atoms with Crippen LogP contribution in [0.5, 0.6) is 0 Å². The number of sulfonamides is 1. The summed E-state index contributed by atoms with van der Waals surface area (Å²) in [6.07, 6.45) is 1.24. The molecule has 7 heteroatoms. The molecule has 2 rings (SSSR count). The number of nitriles is 1. The lowest BCUT2D eigenvalue weighted by molar-refractivity contribution is 0.249. The molecule has 1 aromatic heterocycles. The summed E-state index contributed by atoms with van der Waals surface area (Å²) in [4.78, 5) is 3.94. The van der Waals surface area contributed by atoms with Crippen LogP contribution in [0.2, 0.25) is 0 Å². The van der Waals surface area contributed by atoms with Crippen molar-refractivity contribution in [2.24, 2.45) is 0 Å². The zero-order valence-electron chi connectivity index (χ0n) is 10.00.